The van der Waals surface area contributed by atoms with Crippen LogP contribution in [0.2, 0.25) is 5.02 Å². The molecule has 1 fully saturated rings. The number of fused-ring (bicyclic) bond motifs is 1. The number of methoxy groups -OCH3 is 1. The average Bonchev–Trinajstić information content (AvgIpc) is 3.38. The molecule has 12 heteroatoms. The van der Waals surface area contributed by atoms with Crippen molar-refractivity contribution in [1.82, 2.24) is 29.5 Å². The van der Waals surface area contributed by atoms with Gasteiger partial charge in [0.2, 0.25) is 5.82 Å². The van der Waals surface area contributed by atoms with E-state index in [-0.39, 0.29) is 17.2 Å². The quantitative estimate of drug-likeness (QED) is 0.339. The molecule has 5 rings (SSSR count). The first kappa shape index (κ1) is 26.8. The second-order valence-electron chi connectivity index (χ2n) is 9.19. The minimum absolute atomic E-state index is 0.0323. The summed E-state index contributed by atoms with van der Waals surface area (Å²) in [4.78, 5) is 25.7. The summed E-state index contributed by atoms with van der Waals surface area (Å²) < 4.78 is 35.5. The molecule has 2 aromatic heterocycles. The van der Waals surface area contributed by atoms with Crippen LogP contribution in [0.5, 0.6) is 5.75 Å². The van der Waals surface area contributed by atoms with Crippen molar-refractivity contribution in [2.45, 2.75) is 0 Å². The highest BCUT2D eigenvalue weighted by Gasteiger charge is 2.20. The summed E-state index contributed by atoms with van der Waals surface area (Å²) in [5.41, 5.74) is 1.76. The molecule has 1 saturated heterocycles. The number of hydrogen-bond donors (Lipinski definition) is 2. The maximum absolute atomic E-state index is 14.8. The molecule has 4 aromatic rings. The molecule has 3 heterocycles. The Morgan fingerprint density at radius 2 is 1.97 bits per heavy atom. The Morgan fingerprint density at radius 1 is 1.18 bits per heavy atom. The third-order valence-electron chi connectivity index (χ3n) is 6.74. The lowest BCUT2D eigenvalue weighted by Gasteiger charge is -2.29. The number of hydrogen-bond acceptors (Lipinski definition) is 7. The van der Waals surface area contributed by atoms with Crippen molar-refractivity contribution in [2.24, 2.45) is 0 Å². The van der Waals surface area contributed by atoms with E-state index in [1.807, 2.05) is 0 Å². The Bertz CT molecular complexity index is 1510. The smallest absolute Gasteiger partial charge is 0.255 e. The first-order valence-corrected chi connectivity index (χ1v) is 12.8. The monoisotopic (exact) mass is 555 g/mol. The summed E-state index contributed by atoms with van der Waals surface area (Å²) >= 11 is 6.51. The van der Waals surface area contributed by atoms with Gasteiger partial charge < -0.3 is 20.3 Å². The van der Waals surface area contributed by atoms with Crippen molar-refractivity contribution >= 4 is 34.7 Å². The molecule has 1 amide bonds. The van der Waals surface area contributed by atoms with Crippen LogP contribution in [0, 0.1) is 11.6 Å². The molecule has 39 heavy (non-hydrogen) atoms. The fourth-order valence-corrected chi connectivity index (χ4v) is 4.79. The summed E-state index contributed by atoms with van der Waals surface area (Å²) in [7, 11) is 3.04. The average molecular weight is 556 g/mol. The number of rotatable bonds is 8. The number of piperazine rings is 1. The number of imidazole rings is 1. The van der Waals surface area contributed by atoms with Gasteiger partial charge in [-0.2, -0.15) is 4.39 Å². The topological polar surface area (TPSA) is 87.0 Å². The van der Waals surface area contributed by atoms with E-state index in [1.165, 1.54) is 31.6 Å². The number of ether oxygens (including phenoxy) is 1. The molecule has 0 radical (unpaired) electrons. The first-order chi connectivity index (χ1) is 18.9. The molecule has 0 atom stereocenters. The lowest BCUT2D eigenvalue weighted by atomic mass is 10.1. The number of amides is 1. The SMILES string of the molecule is COc1ccc(-c2cnc3c(Nc4ccc(C(=O)N(C)CCN5CCNCC5)c(Cl)c4)nccn23)c(F)c1F. The highest BCUT2D eigenvalue weighted by atomic mass is 35.5. The largest absolute Gasteiger partial charge is 0.494 e. The van der Waals surface area contributed by atoms with Crippen LogP contribution in [-0.2, 0) is 0 Å². The molecule has 9 nitrogen and oxygen atoms in total. The minimum atomic E-state index is -1.07. The van der Waals surface area contributed by atoms with Gasteiger partial charge in [-0.05, 0) is 30.3 Å². The van der Waals surface area contributed by atoms with E-state index in [2.05, 4.69) is 25.5 Å². The van der Waals surface area contributed by atoms with Gasteiger partial charge in [0.05, 0.1) is 29.6 Å². The predicted octanol–water partition coefficient (Wildman–Crippen LogP) is 4.06. The van der Waals surface area contributed by atoms with E-state index < -0.39 is 11.6 Å². The summed E-state index contributed by atoms with van der Waals surface area (Å²) in [6, 6.07) is 7.84. The second-order valence-corrected chi connectivity index (χ2v) is 9.60. The zero-order valence-electron chi connectivity index (χ0n) is 21.5. The summed E-state index contributed by atoms with van der Waals surface area (Å²) in [6.07, 6.45) is 4.57. The molecule has 0 unspecified atom stereocenters. The third kappa shape index (κ3) is 5.51. The van der Waals surface area contributed by atoms with Crippen LogP contribution in [0.1, 0.15) is 10.4 Å². The van der Waals surface area contributed by atoms with E-state index in [4.69, 9.17) is 16.3 Å². The van der Waals surface area contributed by atoms with E-state index in [1.54, 1.807) is 40.7 Å². The minimum Gasteiger partial charge on any atom is -0.494 e. The molecule has 2 N–H and O–H groups in total. The molecule has 2 aromatic carbocycles. The van der Waals surface area contributed by atoms with E-state index in [0.29, 0.717) is 40.0 Å². The summed E-state index contributed by atoms with van der Waals surface area (Å²) in [5, 5.41) is 6.77. The summed E-state index contributed by atoms with van der Waals surface area (Å²) in [5.74, 6) is -2.07. The number of halogens is 3. The summed E-state index contributed by atoms with van der Waals surface area (Å²) in [6.45, 7) is 5.25. The van der Waals surface area contributed by atoms with Gasteiger partial charge >= 0.3 is 0 Å². The lowest BCUT2D eigenvalue weighted by Crippen LogP contribution is -2.46. The number of nitrogens with zero attached hydrogens (tertiary/aromatic N) is 5. The van der Waals surface area contributed by atoms with E-state index in [0.717, 1.165) is 32.7 Å². The Morgan fingerprint density at radius 3 is 2.72 bits per heavy atom. The van der Waals surface area contributed by atoms with Gasteiger partial charge in [-0.15, -0.1) is 0 Å². The Hall–Kier alpha value is -3.80. The number of aromatic nitrogens is 3. The Labute approximate surface area is 229 Å². The standard InChI is InChI=1S/C27H28ClF2N7O2/c1-35(13-14-36-10-7-31-8-11-36)27(38)18-4-3-17(15-20(18)28)34-25-26-33-16-21(37(26)12-9-32-25)19-5-6-22(39-2)24(30)23(19)29/h3-6,9,12,15-16,31H,7-8,10-11,13-14H2,1-2H3,(H,32,34). The fraction of sp³-hybridized carbons (Fsp3) is 0.296. The molecule has 0 bridgehead atoms. The van der Waals surface area contributed by atoms with Crippen LogP contribution in [0.25, 0.3) is 16.9 Å². The zero-order chi connectivity index (χ0) is 27.5. The third-order valence-corrected chi connectivity index (χ3v) is 7.05. The van der Waals surface area contributed by atoms with Crippen LogP contribution in [0.15, 0.2) is 48.9 Å². The Balaban J connectivity index is 1.33. The second kappa shape index (κ2) is 11.5. The Kier molecular flexibility index (Phi) is 7.92. The predicted molar refractivity (Wildman–Crippen MR) is 146 cm³/mol. The zero-order valence-corrected chi connectivity index (χ0v) is 22.3. The molecular weight excluding hydrogens is 528 g/mol. The number of anilines is 2. The normalized spacial score (nSPS) is 14.0. The number of likely N-dealkylation sites (N-methyl/N-ethyl adjacent to an activating group) is 1. The molecule has 0 spiro atoms. The van der Waals surface area contributed by atoms with E-state index >= 15 is 0 Å². The van der Waals surface area contributed by atoms with Gasteiger partial charge in [0, 0.05) is 70.0 Å². The molecule has 204 valence electrons. The van der Waals surface area contributed by atoms with Crippen LogP contribution in [-0.4, -0.2) is 83.5 Å². The molecular formula is C27H28ClF2N7O2. The maximum atomic E-state index is 14.8. The molecule has 1 aliphatic rings. The first-order valence-electron chi connectivity index (χ1n) is 12.5. The van der Waals surface area contributed by atoms with Crippen molar-refractivity contribution in [3.63, 3.8) is 0 Å². The van der Waals surface area contributed by atoms with Crippen molar-refractivity contribution in [3.05, 3.63) is 71.1 Å². The number of nitrogens with one attached hydrogen (secondary N) is 2. The van der Waals surface area contributed by atoms with Gasteiger partial charge in [-0.25, -0.2) is 14.4 Å². The van der Waals surface area contributed by atoms with Crippen molar-refractivity contribution < 1.29 is 18.3 Å². The molecule has 0 saturated carbocycles. The van der Waals surface area contributed by atoms with Crippen LogP contribution in [0.3, 0.4) is 0 Å². The number of carbonyl (C=O) groups excluding carboxylic acids is 1. The van der Waals surface area contributed by atoms with Crippen LogP contribution in [0.4, 0.5) is 20.3 Å². The molecule has 1 aliphatic heterocycles. The van der Waals surface area contributed by atoms with Gasteiger partial charge in [-0.1, -0.05) is 11.6 Å². The van der Waals surface area contributed by atoms with E-state index in [9.17, 15) is 13.6 Å². The highest BCUT2D eigenvalue weighted by Crippen LogP contribution is 2.32. The molecule has 0 aliphatic carbocycles. The van der Waals surface area contributed by atoms with Gasteiger partial charge in [0.15, 0.2) is 23.0 Å². The van der Waals surface area contributed by atoms with Gasteiger partial charge in [0.1, 0.15) is 0 Å². The highest BCUT2D eigenvalue weighted by molar-refractivity contribution is 6.34. The van der Waals surface area contributed by atoms with Gasteiger partial charge in [0.25, 0.3) is 5.91 Å². The number of benzene rings is 2. The lowest BCUT2D eigenvalue weighted by molar-refractivity contribution is 0.0775. The van der Waals surface area contributed by atoms with Crippen molar-refractivity contribution in [2.75, 3.05) is 58.7 Å². The van der Waals surface area contributed by atoms with Gasteiger partial charge in [-0.3, -0.25) is 14.1 Å². The number of carbonyl (C=O) groups is 1. The van der Waals surface area contributed by atoms with Crippen LogP contribution >= 0.6 is 11.6 Å². The van der Waals surface area contributed by atoms with Crippen molar-refractivity contribution in [3.8, 4) is 17.0 Å². The fourth-order valence-electron chi connectivity index (χ4n) is 4.53. The van der Waals surface area contributed by atoms with Crippen LogP contribution < -0.4 is 15.4 Å². The maximum Gasteiger partial charge on any atom is 0.255 e. The van der Waals surface area contributed by atoms with Crippen molar-refractivity contribution in [1.29, 1.82) is 0 Å².